The number of amides is 1. The van der Waals surface area contributed by atoms with Crippen LogP contribution in [0.1, 0.15) is 47.0 Å². The quantitative estimate of drug-likeness (QED) is 0.814. The standard InChI is InChI=1S/C16H31N3O2/c1-11-8-13(10-19(11)5)18-14(12-6-7-12)9-17-15(20)21-16(2,3)4/h11-14,18H,6-10H2,1-5H3,(H,17,20). The molecule has 0 aromatic rings. The van der Waals surface area contributed by atoms with Crippen LogP contribution in [0.15, 0.2) is 0 Å². The van der Waals surface area contributed by atoms with E-state index in [1.54, 1.807) is 0 Å². The van der Waals surface area contributed by atoms with Crippen LogP contribution >= 0.6 is 0 Å². The summed E-state index contributed by atoms with van der Waals surface area (Å²) in [5.41, 5.74) is -0.434. The van der Waals surface area contributed by atoms with Gasteiger partial charge in [-0.05, 0) is 59.9 Å². The first kappa shape index (κ1) is 16.6. The summed E-state index contributed by atoms with van der Waals surface area (Å²) < 4.78 is 5.31. The molecule has 3 atom stereocenters. The number of alkyl carbamates (subject to hydrolysis) is 1. The number of likely N-dealkylation sites (tertiary alicyclic amines) is 1. The molecule has 0 bridgehead atoms. The van der Waals surface area contributed by atoms with Gasteiger partial charge in [-0.15, -0.1) is 0 Å². The van der Waals surface area contributed by atoms with Gasteiger partial charge in [-0.1, -0.05) is 0 Å². The van der Waals surface area contributed by atoms with E-state index in [1.807, 2.05) is 20.8 Å². The zero-order valence-corrected chi connectivity index (χ0v) is 14.1. The van der Waals surface area contributed by atoms with Gasteiger partial charge in [0.25, 0.3) is 0 Å². The van der Waals surface area contributed by atoms with Crippen molar-refractivity contribution in [1.29, 1.82) is 0 Å². The van der Waals surface area contributed by atoms with Gasteiger partial charge in [-0.3, -0.25) is 0 Å². The molecule has 0 aromatic carbocycles. The topological polar surface area (TPSA) is 53.6 Å². The molecule has 1 aliphatic carbocycles. The number of hydrogen-bond donors (Lipinski definition) is 2. The van der Waals surface area contributed by atoms with Crippen molar-refractivity contribution in [3.8, 4) is 0 Å². The molecule has 1 heterocycles. The molecule has 1 aliphatic heterocycles. The van der Waals surface area contributed by atoms with E-state index < -0.39 is 5.60 Å². The lowest BCUT2D eigenvalue weighted by Crippen LogP contribution is -2.48. The Morgan fingerprint density at radius 1 is 1.38 bits per heavy atom. The number of carbonyl (C=O) groups excluding carboxylic acids is 1. The van der Waals surface area contributed by atoms with Crippen molar-refractivity contribution in [3.63, 3.8) is 0 Å². The van der Waals surface area contributed by atoms with Crippen molar-refractivity contribution in [2.45, 2.75) is 70.7 Å². The normalized spacial score (nSPS) is 28.4. The Kier molecular flexibility index (Phi) is 5.15. The van der Waals surface area contributed by atoms with Gasteiger partial charge in [-0.25, -0.2) is 4.79 Å². The summed E-state index contributed by atoms with van der Waals surface area (Å²) in [4.78, 5) is 14.2. The first-order valence-corrected chi connectivity index (χ1v) is 8.18. The fraction of sp³-hybridized carbons (Fsp3) is 0.938. The van der Waals surface area contributed by atoms with Crippen LogP contribution in [-0.2, 0) is 4.74 Å². The zero-order valence-electron chi connectivity index (χ0n) is 14.1. The highest BCUT2D eigenvalue weighted by Gasteiger charge is 2.35. The van der Waals surface area contributed by atoms with Crippen molar-refractivity contribution in [2.24, 2.45) is 5.92 Å². The van der Waals surface area contributed by atoms with Crippen molar-refractivity contribution in [3.05, 3.63) is 0 Å². The molecule has 1 saturated heterocycles. The monoisotopic (exact) mass is 297 g/mol. The number of carbonyl (C=O) groups is 1. The van der Waals surface area contributed by atoms with Crippen LogP contribution in [0.25, 0.3) is 0 Å². The molecular weight excluding hydrogens is 266 g/mol. The Hall–Kier alpha value is -0.810. The molecule has 3 unspecified atom stereocenters. The van der Waals surface area contributed by atoms with E-state index in [0.717, 1.165) is 6.54 Å². The summed E-state index contributed by atoms with van der Waals surface area (Å²) >= 11 is 0. The molecule has 5 nitrogen and oxygen atoms in total. The highest BCUT2D eigenvalue weighted by atomic mass is 16.6. The molecule has 0 aromatic heterocycles. The van der Waals surface area contributed by atoms with Gasteiger partial charge in [0.15, 0.2) is 0 Å². The largest absolute Gasteiger partial charge is 0.444 e. The summed E-state index contributed by atoms with van der Waals surface area (Å²) in [6.45, 7) is 9.69. The summed E-state index contributed by atoms with van der Waals surface area (Å²) in [6.07, 6.45) is 3.41. The molecule has 21 heavy (non-hydrogen) atoms. The summed E-state index contributed by atoms with van der Waals surface area (Å²) in [5.74, 6) is 0.709. The van der Waals surface area contributed by atoms with Crippen molar-refractivity contribution < 1.29 is 9.53 Å². The molecule has 0 spiro atoms. The fourth-order valence-corrected chi connectivity index (χ4v) is 2.99. The highest BCUT2D eigenvalue weighted by Crippen LogP contribution is 2.33. The number of nitrogens with one attached hydrogen (secondary N) is 2. The van der Waals surface area contributed by atoms with Crippen LogP contribution in [0, 0.1) is 5.92 Å². The molecule has 2 rings (SSSR count). The van der Waals surface area contributed by atoms with Gasteiger partial charge in [0.05, 0.1) is 0 Å². The summed E-state index contributed by atoms with van der Waals surface area (Å²) in [6, 6.07) is 1.55. The number of nitrogens with zero attached hydrogens (tertiary/aromatic N) is 1. The lowest BCUT2D eigenvalue weighted by molar-refractivity contribution is 0.0520. The molecule has 122 valence electrons. The lowest BCUT2D eigenvalue weighted by atomic mass is 10.1. The Morgan fingerprint density at radius 3 is 2.52 bits per heavy atom. The molecule has 5 heteroatoms. The van der Waals surface area contributed by atoms with Gasteiger partial charge in [0.1, 0.15) is 5.60 Å². The van der Waals surface area contributed by atoms with Crippen LogP contribution in [0.3, 0.4) is 0 Å². The Morgan fingerprint density at radius 2 is 2.05 bits per heavy atom. The molecule has 2 fully saturated rings. The summed E-state index contributed by atoms with van der Waals surface area (Å²) in [7, 11) is 2.18. The second-order valence-electron chi connectivity index (χ2n) is 7.71. The van der Waals surface area contributed by atoms with Crippen molar-refractivity contribution in [2.75, 3.05) is 20.1 Å². The minimum absolute atomic E-state index is 0.313. The smallest absolute Gasteiger partial charge is 0.407 e. The number of likely N-dealkylation sites (N-methyl/N-ethyl adjacent to an activating group) is 1. The summed E-state index contributed by atoms with van der Waals surface area (Å²) in [5, 5.41) is 6.66. The van der Waals surface area contributed by atoms with Crippen LogP contribution < -0.4 is 10.6 Å². The van der Waals surface area contributed by atoms with Gasteiger partial charge < -0.3 is 20.3 Å². The lowest BCUT2D eigenvalue weighted by Gasteiger charge is -2.25. The van der Waals surface area contributed by atoms with Crippen LogP contribution in [-0.4, -0.2) is 54.9 Å². The predicted molar refractivity (Wildman–Crippen MR) is 84.4 cm³/mol. The van der Waals surface area contributed by atoms with E-state index in [1.165, 1.54) is 19.3 Å². The Bertz CT molecular complexity index is 353. The Balaban J connectivity index is 1.76. The van der Waals surface area contributed by atoms with Crippen LogP contribution in [0.4, 0.5) is 4.79 Å². The van der Waals surface area contributed by atoms with E-state index in [0.29, 0.717) is 30.6 Å². The number of hydrogen-bond acceptors (Lipinski definition) is 4. The molecule has 0 radical (unpaired) electrons. The second kappa shape index (κ2) is 6.53. The van der Waals surface area contributed by atoms with E-state index in [9.17, 15) is 4.79 Å². The average molecular weight is 297 g/mol. The molecule has 1 amide bonds. The van der Waals surface area contributed by atoms with Gasteiger partial charge in [-0.2, -0.15) is 0 Å². The minimum Gasteiger partial charge on any atom is -0.444 e. The first-order valence-electron chi connectivity index (χ1n) is 8.18. The first-order chi connectivity index (χ1) is 9.74. The number of ether oxygens (including phenoxy) is 1. The van der Waals surface area contributed by atoms with E-state index >= 15 is 0 Å². The van der Waals surface area contributed by atoms with Gasteiger partial charge in [0, 0.05) is 31.2 Å². The van der Waals surface area contributed by atoms with E-state index in [2.05, 4.69) is 29.5 Å². The molecular formula is C16H31N3O2. The zero-order chi connectivity index (χ0) is 15.6. The maximum Gasteiger partial charge on any atom is 0.407 e. The number of rotatable bonds is 5. The SMILES string of the molecule is CC1CC(NC(CNC(=O)OC(C)(C)C)C2CC2)CN1C. The molecule has 2 N–H and O–H groups in total. The third kappa shape index (κ3) is 5.47. The maximum atomic E-state index is 11.8. The van der Waals surface area contributed by atoms with Crippen LogP contribution in [0.5, 0.6) is 0 Å². The van der Waals surface area contributed by atoms with Gasteiger partial charge in [0.2, 0.25) is 0 Å². The minimum atomic E-state index is -0.434. The third-order valence-electron chi connectivity index (χ3n) is 4.39. The van der Waals surface area contributed by atoms with Gasteiger partial charge >= 0.3 is 6.09 Å². The Labute approximate surface area is 128 Å². The highest BCUT2D eigenvalue weighted by molar-refractivity contribution is 5.67. The third-order valence-corrected chi connectivity index (χ3v) is 4.39. The predicted octanol–water partition coefficient (Wildman–Crippen LogP) is 1.97. The average Bonchev–Trinajstić information content (AvgIpc) is 3.11. The van der Waals surface area contributed by atoms with E-state index in [-0.39, 0.29) is 6.09 Å². The fourth-order valence-electron chi connectivity index (χ4n) is 2.99. The molecule has 2 aliphatic rings. The van der Waals surface area contributed by atoms with E-state index in [4.69, 9.17) is 4.74 Å². The second-order valence-corrected chi connectivity index (χ2v) is 7.71. The van der Waals surface area contributed by atoms with Crippen LogP contribution in [0.2, 0.25) is 0 Å². The molecule has 1 saturated carbocycles. The van der Waals surface area contributed by atoms with Crippen molar-refractivity contribution in [1.82, 2.24) is 15.5 Å². The van der Waals surface area contributed by atoms with Crippen molar-refractivity contribution >= 4 is 6.09 Å². The maximum absolute atomic E-state index is 11.8.